The van der Waals surface area contributed by atoms with E-state index in [1.165, 1.54) is 0 Å². The number of piperazine rings is 1. The molecule has 1 aliphatic heterocycles. The summed E-state index contributed by atoms with van der Waals surface area (Å²) in [6.07, 6.45) is 2.90. The zero-order chi connectivity index (χ0) is 10.4. The number of hydrogen-bond donors (Lipinski definition) is 1. The van der Waals surface area contributed by atoms with Gasteiger partial charge >= 0.3 is 0 Å². The van der Waals surface area contributed by atoms with Crippen molar-refractivity contribution in [2.75, 3.05) is 19.6 Å². The highest BCUT2D eigenvalue weighted by molar-refractivity contribution is 4.82. The molecule has 80 valence electrons. The van der Waals surface area contributed by atoms with E-state index in [0.29, 0.717) is 18.5 Å². The van der Waals surface area contributed by atoms with Crippen molar-refractivity contribution in [3.63, 3.8) is 0 Å². The molecule has 1 aliphatic rings. The molecular weight excluding hydrogens is 174 g/mol. The summed E-state index contributed by atoms with van der Waals surface area (Å²) in [7, 11) is 0. The molecule has 1 rings (SSSR count). The van der Waals surface area contributed by atoms with Gasteiger partial charge in [-0.1, -0.05) is 0 Å². The standard InChI is InChI=1S/C11H21N3/c1-10-8-13-9-11(2)14(10)7-5-3-4-6-12/h10-11,13H,3-5,7-9H2,1-2H3. The van der Waals surface area contributed by atoms with Crippen molar-refractivity contribution >= 4 is 0 Å². The van der Waals surface area contributed by atoms with E-state index in [1.54, 1.807) is 0 Å². The fourth-order valence-corrected chi connectivity index (χ4v) is 2.11. The molecule has 0 radical (unpaired) electrons. The van der Waals surface area contributed by atoms with E-state index < -0.39 is 0 Å². The lowest BCUT2D eigenvalue weighted by molar-refractivity contribution is 0.115. The Morgan fingerprint density at radius 1 is 1.29 bits per heavy atom. The maximum Gasteiger partial charge on any atom is 0.0621 e. The Morgan fingerprint density at radius 2 is 1.93 bits per heavy atom. The van der Waals surface area contributed by atoms with Gasteiger partial charge in [-0.05, 0) is 33.2 Å². The van der Waals surface area contributed by atoms with Crippen LogP contribution in [-0.2, 0) is 0 Å². The van der Waals surface area contributed by atoms with Gasteiger partial charge in [0, 0.05) is 31.6 Å². The minimum atomic E-state index is 0.640. The Bertz CT molecular complexity index is 187. The lowest BCUT2D eigenvalue weighted by Gasteiger charge is -2.39. The predicted molar refractivity (Wildman–Crippen MR) is 58.0 cm³/mol. The normalized spacial score (nSPS) is 28.6. The van der Waals surface area contributed by atoms with Crippen LogP contribution in [0.3, 0.4) is 0 Å². The molecule has 2 atom stereocenters. The quantitative estimate of drug-likeness (QED) is 0.688. The SMILES string of the molecule is CC1CNCC(C)N1CCCCC#N. The number of nitriles is 1. The molecular formula is C11H21N3. The van der Waals surface area contributed by atoms with Crippen molar-refractivity contribution < 1.29 is 0 Å². The van der Waals surface area contributed by atoms with Crippen LogP contribution in [0.1, 0.15) is 33.1 Å². The number of nitrogens with zero attached hydrogens (tertiary/aromatic N) is 2. The molecule has 1 heterocycles. The first kappa shape index (κ1) is 11.5. The van der Waals surface area contributed by atoms with E-state index in [-0.39, 0.29) is 0 Å². The van der Waals surface area contributed by atoms with E-state index in [2.05, 4.69) is 30.1 Å². The number of rotatable bonds is 4. The van der Waals surface area contributed by atoms with Crippen molar-refractivity contribution in [1.82, 2.24) is 10.2 Å². The number of unbranched alkanes of at least 4 members (excludes halogenated alkanes) is 2. The summed E-state index contributed by atoms with van der Waals surface area (Å²) in [5, 5.41) is 11.9. The zero-order valence-electron chi connectivity index (χ0n) is 9.29. The van der Waals surface area contributed by atoms with Gasteiger partial charge in [0.1, 0.15) is 0 Å². The van der Waals surface area contributed by atoms with E-state index in [1.807, 2.05) is 0 Å². The van der Waals surface area contributed by atoms with Crippen molar-refractivity contribution in [3.05, 3.63) is 0 Å². The number of nitrogens with one attached hydrogen (secondary N) is 1. The lowest BCUT2D eigenvalue weighted by Crippen LogP contribution is -2.55. The summed E-state index contributed by atoms with van der Waals surface area (Å²) in [5.74, 6) is 0. The summed E-state index contributed by atoms with van der Waals surface area (Å²) in [5.41, 5.74) is 0. The molecule has 3 nitrogen and oxygen atoms in total. The zero-order valence-corrected chi connectivity index (χ0v) is 9.29. The molecule has 14 heavy (non-hydrogen) atoms. The van der Waals surface area contributed by atoms with Gasteiger partial charge in [0.25, 0.3) is 0 Å². The van der Waals surface area contributed by atoms with Crippen molar-refractivity contribution in [1.29, 1.82) is 5.26 Å². The monoisotopic (exact) mass is 195 g/mol. The van der Waals surface area contributed by atoms with E-state index in [4.69, 9.17) is 5.26 Å². The van der Waals surface area contributed by atoms with Crippen LogP contribution in [-0.4, -0.2) is 36.6 Å². The molecule has 3 heteroatoms. The Balaban J connectivity index is 2.23. The van der Waals surface area contributed by atoms with Gasteiger partial charge in [0.15, 0.2) is 0 Å². The van der Waals surface area contributed by atoms with Gasteiger partial charge in [0.05, 0.1) is 6.07 Å². The van der Waals surface area contributed by atoms with Gasteiger partial charge < -0.3 is 5.32 Å². The molecule has 0 aromatic carbocycles. The first-order valence-electron chi connectivity index (χ1n) is 5.59. The molecule has 0 bridgehead atoms. The van der Waals surface area contributed by atoms with E-state index in [9.17, 15) is 0 Å². The third-order valence-electron chi connectivity index (χ3n) is 2.97. The molecule has 1 fully saturated rings. The summed E-state index contributed by atoms with van der Waals surface area (Å²) < 4.78 is 0. The van der Waals surface area contributed by atoms with Crippen molar-refractivity contribution in [3.8, 4) is 6.07 Å². The van der Waals surface area contributed by atoms with Crippen LogP contribution in [0.2, 0.25) is 0 Å². The highest BCUT2D eigenvalue weighted by Crippen LogP contribution is 2.11. The first-order chi connectivity index (χ1) is 6.75. The molecule has 2 unspecified atom stereocenters. The molecule has 0 amide bonds. The lowest BCUT2D eigenvalue weighted by atomic mass is 10.1. The Kier molecular flexibility index (Phi) is 4.92. The second-order valence-electron chi connectivity index (χ2n) is 4.21. The summed E-state index contributed by atoms with van der Waals surface area (Å²) in [6, 6.07) is 3.48. The molecule has 0 aliphatic carbocycles. The van der Waals surface area contributed by atoms with E-state index in [0.717, 1.165) is 32.5 Å². The second-order valence-corrected chi connectivity index (χ2v) is 4.21. The smallest absolute Gasteiger partial charge is 0.0621 e. The molecule has 0 saturated carbocycles. The van der Waals surface area contributed by atoms with Gasteiger partial charge in [-0.2, -0.15) is 5.26 Å². The Labute approximate surface area is 87.1 Å². The minimum absolute atomic E-state index is 0.640. The summed E-state index contributed by atoms with van der Waals surface area (Å²) >= 11 is 0. The second kappa shape index (κ2) is 6.00. The van der Waals surface area contributed by atoms with Gasteiger partial charge in [-0.15, -0.1) is 0 Å². The topological polar surface area (TPSA) is 39.1 Å². The van der Waals surface area contributed by atoms with Crippen LogP contribution in [0.5, 0.6) is 0 Å². The largest absolute Gasteiger partial charge is 0.314 e. The fourth-order valence-electron chi connectivity index (χ4n) is 2.11. The third-order valence-corrected chi connectivity index (χ3v) is 2.97. The van der Waals surface area contributed by atoms with Crippen LogP contribution in [0.15, 0.2) is 0 Å². The van der Waals surface area contributed by atoms with Gasteiger partial charge in [0.2, 0.25) is 0 Å². The van der Waals surface area contributed by atoms with Crippen LogP contribution in [0.4, 0.5) is 0 Å². The van der Waals surface area contributed by atoms with Crippen molar-refractivity contribution in [2.45, 2.75) is 45.2 Å². The highest BCUT2D eigenvalue weighted by atomic mass is 15.2. The third kappa shape index (κ3) is 3.28. The predicted octanol–water partition coefficient (Wildman–Crippen LogP) is 1.36. The molecule has 1 N–H and O–H groups in total. The summed E-state index contributed by atoms with van der Waals surface area (Å²) in [4.78, 5) is 2.55. The van der Waals surface area contributed by atoms with Crippen molar-refractivity contribution in [2.24, 2.45) is 0 Å². The maximum absolute atomic E-state index is 8.43. The van der Waals surface area contributed by atoms with E-state index >= 15 is 0 Å². The molecule has 0 aromatic rings. The average molecular weight is 195 g/mol. The minimum Gasteiger partial charge on any atom is -0.314 e. The van der Waals surface area contributed by atoms with Gasteiger partial charge in [-0.3, -0.25) is 4.90 Å². The van der Waals surface area contributed by atoms with Crippen LogP contribution in [0.25, 0.3) is 0 Å². The average Bonchev–Trinajstić information content (AvgIpc) is 2.16. The Hall–Kier alpha value is -0.590. The summed E-state index contributed by atoms with van der Waals surface area (Å²) in [6.45, 7) is 7.89. The maximum atomic E-state index is 8.43. The van der Waals surface area contributed by atoms with Crippen LogP contribution >= 0.6 is 0 Å². The first-order valence-corrected chi connectivity index (χ1v) is 5.59. The van der Waals surface area contributed by atoms with Crippen LogP contribution < -0.4 is 5.32 Å². The number of hydrogen-bond acceptors (Lipinski definition) is 3. The van der Waals surface area contributed by atoms with Gasteiger partial charge in [-0.25, -0.2) is 0 Å². The van der Waals surface area contributed by atoms with Crippen LogP contribution in [0, 0.1) is 11.3 Å². The molecule has 0 aromatic heterocycles. The Morgan fingerprint density at radius 3 is 2.50 bits per heavy atom. The fraction of sp³-hybridized carbons (Fsp3) is 0.909. The highest BCUT2D eigenvalue weighted by Gasteiger charge is 2.23. The molecule has 1 saturated heterocycles. The molecule has 0 spiro atoms.